The van der Waals surface area contributed by atoms with Gasteiger partial charge < -0.3 is 15.0 Å². The first-order chi connectivity index (χ1) is 9.49. The fourth-order valence-electron chi connectivity index (χ4n) is 1.97. The molecule has 1 aromatic rings. The lowest BCUT2D eigenvalue weighted by Crippen LogP contribution is -2.29. The second-order valence-corrected chi connectivity index (χ2v) is 5.02. The van der Waals surface area contributed by atoms with Gasteiger partial charge in [-0.15, -0.1) is 0 Å². The van der Waals surface area contributed by atoms with Crippen LogP contribution in [0.1, 0.15) is 26.3 Å². The minimum absolute atomic E-state index is 0.0258. The number of nitrogens with one attached hydrogen (secondary N) is 1. The van der Waals surface area contributed by atoms with Gasteiger partial charge in [-0.05, 0) is 24.6 Å². The molecule has 0 amide bonds. The van der Waals surface area contributed by atoms with E-state index in [2.05, 4.69) is 5.32 Å². The molecule has 0 aliphatic heterocycles. The van der Waals surface area contributed by atoms with Gasteiger partial charge in [0.1, 0.15) is 17.3 Å². The Kier molecular flexibility index (Phi) is 6.88. The highest BCUT2D eigenvalue weighted by Crippen LogP contribution is 2.25. The van der Waals surface area contributed by atoms with Crippen molar-refractivity contribution in [1.29, 1.82) is 0 Å². The molecule has 0 unspecified atom stereocenters. The molecule has 0 atom stereocenters. The monoisotopic (exact) mass is 286 g/mol. The predicted octanol–water partition coefficient (Wildman–Crippen LogP) is 2.94. The Morgan fingerprint density at radius 3 is 2.30 bits per heavy atom. The normalized spacial score (nSPS) is 11.2. The zero-order valence-corrected chi connectivity index (χ0v) is 12.7. The Hall–Kier alpha value is -1.20. The zero-order chi connectivity index (χ0) is 15.1. The van der Waals surface area contributed by atoms with Crippen LogP contribution in [0.2, 0.25) is 0 Å². The van der Waals surface area contributed by atoms with Crippen LogP contribution in [0, 0.1) is 11.6 Å². The SMILES string of the molecule is CCN(CCOC)c1c(F)cc(CNC(C)C)cc1F. The summed E-state index contributed by atoms with van der Waals surface area (Å²) >= 11 is 0. The Balaban J connectivity index is 2.92. The number of rotatable bonds is 8. The van der Waals surface area contributed by atoms with E-state index in [1.165, 1.54) is 12.1 Å². The number of anilines is 1. The van der Waals surface area contributed by atoms with Gasteiger partial charge in [0.25, 0.3) is 0 Å². The molecule has 114 valence electrons. The van der Waals surface area contributed by atoms with Crippen LogP contribution in [-0.4, -0.2) is 32.8 Å². The van der Waals surface area contributed by atoms with Crippen LogP contribution in [0.25, 0.3) is 0 Å². The number of likely N-dealkylation sites (N-methyl/N-ethyl adjacent to an activating group) is 1. The summed E-state index contributed by atoms with van der Waals surface area (Å²) in [6.07, 6.45) is 0. The summed E-state index contributed by atoms with van der Waals surface area (Å²) in [7, 11) is 1.57. The minimum Gasteiger partial charge on any atom is -0.383 e. The third-order valence-corrected chi connectivity index (χ3v) is 3.05. The maximum absolute atomic E-state index is 14.1. The molecule has 0 spiro atoms. The maximum Gasteiger partial charge on any atom is 0.149 e. The zero-order valence-electron chi connectivity index (χ0n) is 12.7. The third-order valence-electron chi connectivity index (χ3n) is 3.05. The fourth-order valence-corrected chi connectivity index (χ4v) is 1.97. The largest absolute Gasteiger partial charge is 0.383 e. The number of benzene rings is 1. The van der Waals surface area contributed by atoms with Crippen molar-refractivity contribution in [2.75, 3.05) is 31.7 Å². The number of ether oxygens (including phenoxy) is 1. The first-order valence-electron chi connectivity index (χ1n) is 6.94. The van der Waals surface area contributed by atoms with Crippen LogP contribution < -0.4 is 10.2 Å². The highest BCUT2D eigenvalue weighted by Gasteiger charge is 2.17. The van der Waals surface area contributed by atoms with E-state index < -0.39 is 11.6 Å². The van der Waals surface area contributed by atoms with Gasteiger partial charge in [0.2, 0.25) is 0 Å². The molecule has 0 aliphatic carbocycles. The first-order valence-corrected chi connectivity index (χ1v) is 6.94. The van der Waals surface area contributed by atoms with E-state index in [4.69, 9.17) is 4.74 Å². The molecule has 0 aromatic heterocycles. The van der Waals surface area contributed by atoms with Crippen molar-refractivity contribution in [2.45, 2.75) is 33.4 Å². The lowest BCUT2D eigenvalue weighted by Gasteiger charge is -2.24. The molecule has 0 radical (unpaired) electrons. The van der Waals surface area contributed by atoms with E-state index in [0.29, 0.717) is 31.8 Å². The van der Waals surface area contributed by atoms with Crippen LogP contribution in [-0.2, 0) is 11.3 Å². The molecule has 0 bridgehead atoms. The molecule has 20 heavy (non-hydrogen) atoms. The average Bonchev–Trinajstić information content (AvgIpc) is 2.39. The van der Waals surface area contributed by atoms with Gasteiger partial charge in [0.05, 0.1) is 6.61 Å². The lowest BCUT2D eigenvalue weighted by molar-refractivity contribution is 0.205. The second kappa shape index (κ2) is 8.17. The molecule has 1 aromatic carbocycles. The number of nitrogens with zero attached hydrogens (tertiary/aromatic N) is 1. The number of hydrogen-bond acceptors (Lipinski definition) is 3. The quantitative estimate of drug-likeness (QED) is 0.795. The molecule has 5 heteroatoms. The maximum atomic E-state index is 14.1. The molecule has 0 fully saturated rings. The van der Waals surface area contributed by atoms with Crippen molar-refractivity contribution < 1.29 is 13.5 Å². The summed E-state index contributed by atoms with van der Waals surface area (Å²) in [4.78, 5) is 1.65. The van der Waals surface area contributed by atoms with Gasteiger partial charge in [-0.1, -0.05) is 13.8 Å². The highest BCUT2D eigenvalue weighted by molar-refractivity contribution is 5.50. The van der Waals surface area contributed by atoms with Crippen molar-refractivity contribution >= 4 is 5.69 Å². The summed E-state index contributed by atoms with van der Waals surface area (Å²) in [6, 6.07) is 3.06. The van der Waals surface area contributed by atoms with E-state index >= 15 is 0 Å². The van der Waals surface area contributed by atoms with Gasteiger partial charge in [-0.25, -0.2) is 8.78 Å². The molecular formula is C15H24F2N2O. The Morgan fingerprint density at radius 1 is 1.25 bits per heavy atom. The van der Waals surface area contributed by atoms with Crippen LogP contribution in [0.5, 0.6) is 0 Å². The number of halogens is 2. The van der Waals surface area contributed by atoms with Crippen LogP contribution in [0.4, 0.5) is 14.5 Å². The van der Waals surface area contributed by atoms with Crippen molar-refractivity contribution in [3.8, 4) is 0 Å². The molecule has 0 saturated heterocycles. The van der Waals surface area contributed by atoms with Crippen molar-refractivity contribution in [2.24, 2.45) is 0 Å². The summed E-state index contributed by atoms with van der Waals surface area (Å²) in [5.74, 6) is -1.05. The number of methoxy groups -OCH3 is 1. The van der Waals surface area contributed by atoms with Gasteiger partial charge in [0, 0.05) is 32.8 Å². The highest BCUT2D eigenvalue weighted by atomic mass is 19.1. The van der Waals surface area contributed by atoms with Crippen LogP contribution in [0.3, 0.4) is 0 Å². The van der Waals surface area contributed by atoms with Gasteiger partial charge in [0.15, 0.2) is 0 Å². The van der Waals surface area contributed by atoms with Crippen LogP contribution in [0.15, 0.2) is 12.1 Å². The molecule has 0 heterocycles. The van der Waals surface area contributed by atoms with Crippen molar-refractivity contribution in [3.63, 3.8) is 0 Å². The van der Waals surface area contributed by atoms with E-state index in [-0.39, 0.29) is 11.7 Å². The minimum atomic E-state index is -0.525. The van der Waals surface area contributed by atoms with E-state index in [1.807, 2.05) is 20.8 Å². The van der Waals surface area contributed by atoms with Gasteiger partial charge >= 0.3 is 0 Å². The summed E-state index contributed by atoms with van der Waals surface area (Å²) in [6.45, 7) is 7.72. The predicted molar refractivity (Wildman–Crippen MR) is 78.1 cm³/mol. The second-order valence-electron chi connectivity index (χ2n) is 5.02. The summed E-state index contributed by atoms with van der Waals surface area (Å²) in [5.41, 5.74) is 0.637. The standard InChI is InChI=1S/C15H24F2N2O/c1-5-19(6-7-20-4)15-13(16)8-12(9-14(15)17)10-18-11(2)3/h8-9,11,18H,5-7,10H2,1-4H3. The van der Waals surface area contributed by atoms with Crippen molar-refractivity contribution in [3.05, 3.63) is 29.3 Å². The molecule has 0 aliphatic rings. The fraction of sp³-hybridized carbons (Fsp3) is 0.600. The molecule has 3 nitrogen and oxygen atoms in total. The first kappa shape index (κ1) is 16.9. The van der Waals surface area contributed by atoms with E-state index in [0.717, 1.165) is 0 Å². The Morgan fingerprint density at radius 2 is 1.85 bits per heavy atom. The van der Waals surface area contributed by atoms with Crippen molar-refractivity contribution in [1.82, 2.24) is 5.32 Å². The molecular weight excluding hydrogens is 262 g/mol. The van der Waals surface area contributed by atoms with Crippen LogP contribution >= 0.6 is 0 Å². The topological polar surface area (TPSA) is 24.5 Å². The third kappa shape index (κ3) is 4.72. The summed E-state index contributed by atoms with van der Waals surface area (Å²) in [5, 5.41) is 3.15. The van der Waals surface area contributed by atoms with E-state index in [9.17, 15) is 8.78 Å². The van der Waals surface area contributed by atoms with Gasteiger partial charge in [-0.3, -0.25) is 0 Å². The number of hydrogen-bond donors (Lipinski definition) is 1. The molecule has 0 saturated carbocycles. The average molecular weight is 286 g/mol. The Bertz CT molecular complexity index is 401. The molecule has 1 N–H and O–H groups in total. The lowest BCUT2D eigenvalue weighted by atomic mass is 10.1. The summed E-state index contributed by atoms with van der Waals surface area (Å²) < 4.78 is 33.3. The Labute approximate surface area is 119 Å². The van der Waals surface area contributed by atoms with Gasteiger partial charge in [-0.2, -0.15) is 0 Å². The smallest absolute Gasteiger partial charge is 0.149 e. The molecule has 1 rings (SSSR count). The van der Waals surface area contributed by atoms with E-state index in [1.54, 1.807) is 12.0 Å².